The molecule has 0 aromatic heterocycles. The maximum Gasteiger partial charge on any atom is 0.418 e. The molecule has 2 rings (SSSR count). The fourth-order valence-electron chi connectivity index (χ4n) is 3.08. The Morgan fingerprint density at radius 2 is 1.85 bits per heavy atom. The lowest BCUT2D eigenvalue weighted by Gasteiger charge is -2.32. The minimum absolute atomic E-state index is 0.363. The number of aliphatic imine (C=N–C) groups is 1. The lowest BCUT2D eigenvalue weighted by Crippen LogP contribution is -2.37. The molecule has 0 amide bonds. The summed E-state index contributed by atoms with van der Waals surface area (Å²) >= 11 is 5.56. The predicted octanol–water partition coefficient (Wildman–Crippen LogP) is 4.07. The molecule has 0 saturated heterocycles. The standard InChI is InChI=1S/C16H11ClF5NO4/c1-5-9(14(24)25)12(11(15(26)27)8(4-18)23-5)10-7(19)3-2-6(17)13(10)16(20,21)22/h2-3,9,12H,4H2,1H3,(H,24,25)(H,26,27). The molecule has 0 bridgehead atoms. The van der Waals surface area contributed by atoms with Crippen LogP contribution in [0.25, 0.3) is 0 Å². The number of allylic oxidation sites excluding steroid dienone is 1. The van der Waals surface area contributed by atoms with Crippen LogP contribution in [0.3, 0.4) is 0 Å². The molecule has 11 heteroatoms. The Hall–Kier alpha value is -2.49. The van der Waals surface area contributed by atoms with Crippen molar-refractivity contribution in [1.82, 2.24) is 0 Å². The molecular weight excluding hydrogens is 401 g/mol. The third-order valence-corrected chi connectivity index (χ3v) is 4.39. The van der Waals surface area contributed by atoms with E-state index in [-0.39, 0.29) is 5.71 Å². The van der Waals surface area contributed by atoms with E-state index in [1.54, 1.807) is 0 Å². The summed E-state index contributed by atoms with van der Waals surface area (Å²) in [5.41, 5.74) is -5.21. The van der Waals surface area contributed by atoms with Crippen molar-refractivity contribution in [2.45, 2.75) is 19.0 Å². The number of aliphatic carboxylic acids is 2. The smallest absolute Gasteiger partial charge is 0.418 e. The molecule has 0 radical (unpaired) electrons. The number of nitrogens with zero attached hydrogens (tertiary/aromatic N) is 1. The van der Waals surface area contributed by atoms with Gasteiger partial charge in [-0.15, -0.1) is 0 Å². The van der Waals surface area contributed by atoms with E-state index in [1.165, 1.54) is 0 Å². The summed E-state index contributed by atoms with van der Waals surface area (Å²) in [7, 11) is 0. The van der Waals surface area contributed by atoms with Crippen molar-refractivity contribution in [3.05, 3.63) is 45.4 Å². The van der Waals surface area contributed by atoms with Gasteiger partial charge in [-0.3, -0.25) is 9.79 Å². The van der Waals surface area contributed by atoms with Gasteiger partial charge in [0, 0.05) is 17.2 Å². The highest BCUT2D eigenvalue weighted by molar-refractivity contribution is 6.31. The summed E-state index contributed by atoms with van der Waals surface area (Å²) in [5.74, 6) is -9.32. The summed E-state index contributed by atoms with van der Waals surface area (Å²) < 4.78 is 68.3. The molecule has 1 aromatic rings. The van der Waals surface area contributed by atoms with Gasteiger partial charge in [-0.2, -0.15) is 13.2 Å². The molecule has 0 saturated carbocycles. The lowest BCUT2D eigenvalue weighted by atomic mass is 9.74. The van der Waals surface area contributed by atoms with Gasteiger partial charge in [0.25, 0.3) is 0 Å². The highest BCUT2D eigenvalue weighted by Crippen LogP contribution is 2.47. The van der Waals surface area contributed by atoms with Gasteiger partial charge in [-0.05, 0) is 19.1 Å². The van der Waals surface area contributed by atoms with Crippen LogP contribution in [-0.2, 0) is 15.8 Å². The number of hydrogen-bond donors (Lipinski definition) is 2. The van der Waals surface area contributed by atoms with E-state index < -0.39 is 69.9 Å². The van der Waals surface area contributed by atoms with Crippen LogP contribution in [0.5, 0.6) is 0 Å². The number of carbonyl (C=O) groups is 2. The Balaban J connectivity index is 2.98. The number of rotatable bonds is 4. The SMILES string of the molecule is CC1=NC(CF)=C(C(=O)O)C(c2c(F)ccc(Cl)c2C(F)(F)F)C1C(=O)O. The fraction of sp³-hybridized carbons (Fsp3) is 0.312. The number of halogens is 6. The van der Waals surface area contributed by atoms with E-state index in [2.05, 4.69) is 4.99 Å². The largest absolute Gasteiger partial charge is 0.481 e. The first-order chi connectivity index (χ1) is 12.4. The van der Waals surface area contributed by atoms with E-state index in [1.807, 2.05) is 0 Å². The van der Waals surface area contributed by atoms with Gasteiger partial charge in [0.2, 0.25) is 0 Å². The summed E-state index contributed by atoms with van der Waals surface area (Å²) in [6, 6.07) is 1.17. The first-order valence-electron chi connectivity index (χ1n) is 7.27. The molecule has 2 N–H and O–H groups in total. The lowest BCUT2D eigenvalue weighted by molar-refractivity contribution is -0.142. The van der Waals surface area contributed by atoms with E-state index in [4.69, 9.17) is 11.6 Å². The second kappa shape index (κ2) is 7.26. The van der Waals surface area contributed by atoms with Gasteiger partial charge in [0.05, 0.1) is 21.9 Å². The van der Waals surface area contributed by atoms with E-state index in [0.717, 1.165) is 6.92 Å². The first-order valence-corrected chi connectivity index (χ1v) is 7.65. The van der Waals surface area contributed by atoms with Crippen molar-refractivity contribution in [3.63, 3.8) is 0 Å². The second-order valence-electron chi connectivity index (χ2n) is 5.66. The van der Waals surface area contributed by atoms with Crippen LogP contribution in [0, 0.1) is 11.7 Å². The van der Waals surface area contributed by atoms with Gasteiger partial charge >= 0.3 is 18.1 Å². The summed E-state index contributed by atoms with van der Waals surface area (Å²) in [6.45, 7) is -0.416. The topological polar surface area (TPSA) is 87.0 Å². The van der Waals surface area contributed by atoms with Crippen molar-refractivity contribution >= 4 is 29.3 Å². The van der Waals surface area contributed by atoms with Crippen LogP contribution in [0.15, 0.2) is 28.4 Å². The van der Waals surface area contributed by atoms with Gasteiger partial charge < -0.3 is 10.2 Å². The third kappa shape index (κ3) is 3.66. The maximum absolute atomic E-state index is 14.5. The quantitative estimate of drug-likeness (QED) is 0.731. The normalized spacial score (nSPS) is 20.5. The molecule has 5 nitrogen and oxygen atoms in total. The van der Waals surface area contributed by atoms with Crippen LogP contribution in [0.2, 0.25) is 5.02 Å². The number of benzene rings is 1. The van der Waals surface area contributed by atoms with Gasteiger partial charge in [-0.1, -0.05) is 11.6 Å². The predicted molar refractivity (Wildman–Crippen MR) is 84.0 cm³/mol. The minimum Gasteiger partial charge on any atom is -0.481 e. The van der Waals surface area contributed by atoms with Gasteiger partial charge in [0.15, 0.2) is 0 Å². The van der Waals surface area contributed by atoms with Gasteiger partial charge in [0.1, 0.15) is 18.4 Å². The Labute approximate surface area is 153 Å². The number of hydrogen-bond acceptors (Lipinski definition) is 3. The van der Waals surface area contributed by atoms with E-state index in [9.17, 15) is 41.8 Å². The second-order valence-corrected chi connectivity index (χ2v) is 6.07. The summed E-state index contributed by atoms with van der Waals surface area (Å²) in [6.07, 6.45) is -5.22. The van der Waals surface area contributed by atoms with Crippen molar-refractivity contribution in [2.75, 3.05) is 6.67 Å². The van der Waals surface area contributed by atoms with E-state index in [0.29, 0.717) is 12.1 Å². The summed E-state index contributed by atoms with van der Waals surface area (Å²) in [5, 5.41) is 17.9. The Bertz CT molecular complexity index is 878. The number of alkyl halides is 4. The zero-order chi connectivity index (χ0) is 20.7. The zero-order valence-corrected chi connectivity index (χ0v) is 14.2. The highest BCUT2D eigenvalue weighted by Gasteiger charge is 2.48. The monoisotopic (exact) mass is 411 g/mol. The molecular formula is C16H11ClF5NO4. The minimum atomic E-state index is -5.22. The molecule has 146 valence electrons. The Kier molecular flexibility index (Phi) is 5.60. The molecule has 1 aromatic carbocycles. The Morgan fingerprint density at radius 3 is 2.30 bits per heavy atom. The summed E-state index contributed by atoms with van der Waals surface area (Å²) in [4.78, 5) is 26.8. The number of carboxylic acid groups (broad SMARTS) is 2. The maximum atomic E-state index is 14.5. The van der Waals surface area contributed by atoms with Crippen molar-refractivity contribution in [3.8, 4) is 0 Å². The third-order valence-electron chi connectivity index (χ3n) is 4.08. The van der Waals surface area contributed by atoms with Crippen LogP contribution >= 0.6 is 11.6 Å². The van der Waals surface area contributed by atoms with Crippen LogP contribution in [-0.4, -0.2) is 34.5 Å². The Morgan fingerprint density at radius 1 is 1.26 bits per heavy atom. The van der Waals surface area contributed by atoms with Crippen LogP contribution in [0.1, 0.15) is 24.0 Å². The molecule has 0 fully saturated rings. The van der Waals surface area contributed by atoms with Crippen molar-refractivity contribution in [1.29, 1.82) is 0 Å². The zero-order valence-electron chi connectivity index (χ0n) is 13.4. The van der Waals surface area contributed by atoms with Crippen molar-refractivity contribution < 1.29 is 41.8 Å². The molecule has 27 heavy (non-hydrogen) atoms. The molecule has 2 unspecified atom stereocenters. The van der Waals surface area contributed by atoms with Gasteiger partial charge in [-0.25, -0.2) is 13.6 Å². The molecule has 1 heterocycles. The average Bonchev–Trinajstić information content (AvgIpc) is 2.53. The molecule has 1 aliphatic heterocycles. The van der Waals surface area contributed by atoms with E-state index >= 15 is 0 Å². The highest BCUT2D eigenvalue weighted by atomic mass is 35.5. The number of carboxylic acids is 2. The van der Waals surface area contributed by atoms with Crippen molar-refractivity contribution in [2.24, 2.45) is 10.9 Å². The van der Waals surface area contributed by atoms with Crippen LogP contribution < -0.4 is 0 Å². The molecule has 0 spiro atoms. The first kappa shape index (κ1) is 20.8. The average molecular weight is 412 g/mol. The molecule has 1 aliphatic rings. The van der Waals surface area contributed by atoms with Crippen LogP contribution in [0.4, 0.5) is 22.0 Å². The molecule has 0 aliphatic carbocycles. The fourth-order valence-corrected chi connectivity index (χ4v) is 3.35. The molecule has 2 atom stereocenters.